The third-order valence-corrected chi connectivity index (χ3v) is 2.96. The summed E-state index contributed by atoms with van der Waals surface area (Å²) in [5, 5.41) is 11.7. The van der Waals surface area contributed by atoms with Crippen LogP contribution in [0.5, 0.6) is 0 Å². The third kappa shape index (κ3) is 9.96. The Bertz CT molecular complexity index is 252. The average Bonchev–Trinajstić information content (AvgIpc) is 2.47. The molecule has 0 fully saturated rings. The van der Waals surface area contributed by atoms with Gasteiger partial charge in [-0.15, -0.1) is 0 Å². The van der Waals surface area contributed by atoms with Gasteiger partial charge in [0.15, 0.2) is 0 Å². The van der Waals surface area contributed by atoms with E-state index in [0.29, 0.717) is 33.0 Å². The van der Waals surface area contributed by atoms with E-state index in [1.165, 1.54) is 0 Å². The number of rotatable bonds is 13. The smallest absolute Gasteiger partial charge is 0.143 e. The second-order valence-corrected chi connectivity index (χ2v) is 4.54. The van der Waals surface area contributed by atoms with Crippen molar-refractivity contribution >= 4 is 5.84 Å². The van der Waals surface area contributed by atoms with Gasteiger partial charge in [0.1, 0.15) is 5.84 Å². The lowest BCUT2D eigenvalue weighted by molar-refractivity contribution is 0.0194. The zero-order valence-electron chi connectivity index (χ0n) is 12.9. The van der Waals surface area contributed by atoms with Gasteiger partial charge in [-0.3, -0.25) is 0 Å². The number of hydrogen-bond acceptors (Lipinski definition) is 6. The maximum absolute atomic E-state index is 8.62. The number of methoxy groups -OCH3 is 1. The summed E-state index contributed by atoms with van der Waals surface area (Å²) in [6, 6.07) is 0. The van der Waals surface area contributed by atoms with Gasteiger partial charge in [0.05, 0.1) is 33.0 Å². The van der Waals surface area contributed by atoms with Gasteiger partial charge in [-0.05, 0) is 6.54 Å². The molecule has 7 nitrogen and oxygen atoms in total. The predicted octanol–water partition coefficient (Wildman–Crippen LogP) is 0.370. The minimum atomic E-state index is 0.0253. The van der Waals surface area contributed by atoms with E-state index >= 15 is 0 Å². The Balaban J connectivity index is 3.60. The van der Waals surface area contributed by atoms with Crippen molar-refractivity contribution in [3.05, 3.63) is 0 Å². The summed E-state index contributed by atoms with van der Waals surface area (Å²) >= 11 is 0. The second-order valence-electron chi connectivity index (χ2n) is 4.54. The Morgan fingerprint density at radius 2 is 1.80 bits per heavy atom. The fraction of sp³-hybridized carbons (Fsp3) is 0.923. The molecule has 120 valence electrons. The molecule has 0 rings (SSSR count). The molecule has 0 amide bonds. The average molecular weight is 291 g/mol. The molecule has 0 aliphatic heterocycles. The van der Waals surface area contributed by atoms with Crippen molar-refractivity contribution in [3.63, 3.8) is 0 Å². The number of oxime groups is 1. The summed E-state index contributed by atoms with van der Waals surface area (Å²) in [5.74, 6) is 0.285. The number of ether oxygens (including phenoxy) is 3. The van der Waals surface area contributed by atoms with Gasteiger partial charge in [0.2, 0.25) is 0 Å². The van der Waals surface area contributed by atoms with E-state index in [-0.39, 0.29) is 11.8 Å². The van der Waals surface area contributed by atoms with Gasteiger partial charge in [0, 0.05) is 26.1 Å². The largest absolute Gasteiger partial charge is 0.409 e. The van der Waals surface area contributed by atoms with Crippen LogP contribution in [0.2, 0.25) is 0 Å². The van der Waals surface area contributed by atoms with Gasteiger partial charge >= 0.3 is 0 Å². The summed E-state index contributed by atoms with van der Waals surface area (Å²) < 4.78 is 15.7. The zero-order valence-corrected chi connectivity index (χ0v) is 12.9. The van der Waals surface area contributed by atoms with Crippen molar-refractivity contribution < 1.29 is 19.4 Å². The van der Waals surface area contributed by atoms with Gasteiger partial charge in [-0.2, -0.15) is 0 Å². The van der Waals surface area contributed by atoms with Gasteiger partial charge in [0.25, 0.3) is 0 Å². The molecule has 1 unspecified atom stereocenters. The van der Waals surface area contributed by atoms with E-state index in [1.54, 1.807) is 7.11 Å². The van der Waals surface area contributed by atoms with Crippen LogP contribution >= 0.6 is 0 Å². The molecule has 0 aromatic heterocycles. The highest BCUT2D eigenvalue weighted by Gasteiger charge is 2.12. The first-order chi connectivity index (χ1) is 9.65. The maximum atomic E-state index is 8.62. The highest BCUT2D eigenvalue weighted by Crippen LogP contribution is 2.00. The lowest BCUT2D eigenvalue weighted by Gasteiger charge is -2.23. The monoisotopic (exact) mass is 291 g/mol. The molecule has 0 bridgehead atoms. The summed E-state index contributed by atoms with van der Waals surface area (Å²) in [6.07, 6.45) is 0. The Morgan fingerprint density at radius 1 is 1.20 bits per heavy atom. The van der Waals surface area contributed by atoms with Gasteiger partial charge < -0.3 is 30.1 Å². The van der Waals surface area contributed by atoms with Gasteiger partial charge in [-0.1, -0.05) is 19.0 Å². The van der Waals surface area contributed by atoms with Crippen molar-refractivity contribution in [2.75, 3.05) is 59.8 Å². The minimum Gasteiger partial charge on any atom is -0.409 e. The van der Waals surface area contributed by atoms with Crippen LogP contribution in [0.1, 0.15) is 13.8 Å². The maximum Gasteiger partial charge on any atom is 0.143 e. The van der Waals surface area contributed by atoms with E-state index in [1.807, 2.05) is 6.92 Å². The highest BCUT2D eigenvalue weighted by atomic mass is 16.5. The molecule has 1 atom stereocenters. The summed E-state index contributed by atoms with van der Waals surface area (Å²) in [4.78, 5) is 2.20. The van der Waals surface area contributed by atoms with Gasteiger partial charge in [-0.25, -0.2) is 0 Å². The standard InChI is InChI=1S/C13H29N3O4/c1-4-16(11-12(2)13(14)15-17)5-6-19-9-10-20-8-7-18-3/h12,17H,4-11H2,1-3H3,(H2,14,15). The Hall–Kier alpha value is -0.890. The van der Waals surface area contributed by atoms with Crippen LogP contribution in [0.15, 0.2) is 5.16 Å². The number of nitrogens with zero attached hydrogens (tertiary/aromatic N) is 2. The van der Waals surface area contributed by atoms with E-state index < -0.39 is 0 Å². The van der Waals surface area contributed by atoms with Crippen molar-refractivity contribution in [2.24, 2.45) is 16.8 Å². The normalized spacial score (nSPS) is 13.9. The summed E-state index contributed by atoms with van der Waals surface area (Å²) in [6.45, 7) is 9.48. The fourth-order valence-corrected chi connectivity index (χ4v) is 1.62. The van der Waals surface area contributed by atoms with Crippen LogP contribution in [0, 0.1) is 5.92 Å². The molecule has 0 saturated heterocycles. The van der Waals surface area contributed by atoms with E-state index in [9.17, 15) is 0 Å². The number of nitrogens with two attached hydrogens (primary N) is 1. The topological polar surface area (TPSA) is 89.5 Å². The quantitative estimate of drug-likeness (QED) is 0.167. The first kappa shape index (κ1) is 19.1. The van der Waals surface area contributed by atoms with Crippen LogP contribution in [0.3, 0.4) is 0 Å². The van der Waals surface area contributed by atoms with Crippen molar-refractivity contribution in [2.45, 2.75) is 13.8 Å². The number of hydrogen-bond donors (Lipinski definition) is 2. The Labute approximate surface area is 121 Å². The van der Waals surface area contributed by atoms with Crippen LogP contribution in [-0.4, -0.2) is 75.7 Å². The van der Waals surface area contributed by atoms with Crippen molar-refractivity contribution in [1.82, 2.24) is 4.90 Å². The summed E-state index contributed by atoms with van der Waals surface area (Å²) in [5.41, 5.74) is 5.57. The number of amidine groups is 1. The van der Waals surface area contributed by atoms with Crippen LogP contribution in [0.25, 0.3) is 0 Å². The first-order valence-corrected chi connectivity index (χ1v) is 6.99. The van der Waals surface area contributed by atoms with Crippen LogP contribution < -0.4 is 5.73 Å². The van der Waals surface area contributed by atoms with Crippen molar-refractivity contribution in [3.8, 4) is 0 Å². The fourth-order valence-electron chi connectivity index (χ4n) is 1.62. The molecule has 0 aromatic carbocycles. The van der Waals surface area contributed by atoms with E-state index in [2.05, 4.69) is 17.0 Å². The Morgan fingerprint density at radius 3 is 2.35 bits per heavy atom. The summed E-state index contributed by atoms with van der Waals surface area (Å²) in [7, 11) is 1.65. The molecular formula is C13H29N3O4. The molecule has 7 heteroatoms. The number of likely N-dealkylation sites (N-methyl/N-ethyl adjacent to an activating group) is 1. The molecule has 0 spiro atoms. The lowest BCUT2D eigenvalue weighted by Crippen LogP contribution is -2.36. The highest BCUT2D eigenvalue weighted by molar-refractivity contribution is 5.82. The molecule has 0 saturated carbocycles. The second kappa shape index (κ2) is 13.1. The Kier molecular flexibility index (Phi) is 12.5. The first-order valence-electron chi connectivity index (χ1n) is 6.99. The lowest BCUT2D eigenvalue weighted by atomic mass is 10.1. The molecule has 0 aliphatic rings. The zero-order chi connectivity index (χ0) is 15.2. The molecule has 0 radical (unpaired) electrons. The molecular weight excluding hydrogens is 262 g/mol. The van der Waals surface area contributed by atoms with Crippen molar-refractivity contribution in [1.29, 1.82) is 0 Å². The molecule has 0 aromatic rings. The predicted molar refractivity (Wildman–Crippen MR) is 78.2 cm³/mol. The molecule has 0 aliphatic carbocycles. The molecule has 20 heavy (non-hydrogen) atoms. The van der Waals surface area contributed by atoms with Crippen LogP contribution in [0.4, 0.5) is 0 Å². The third-order valence-electron chi connectivity index (χ3n) is 2.96. The molecule has 0 heterocycles. The SMILES string of the molecule is CCN(CCOCCOCCOC)CC(C)C(N)=NO. The molecule has 3 N–H and O–H groups in total. The van der Waals surface area contributed by atoms with Crippen LogP contribution in [-0.2, 0) is 14.2 Å². The van der Waals surface area contributed by atoms with E-state index in [0.717, 1.165) is 19.6 Å². The minimum absolute atomic E-state index is 0.0253. The van der Waals surface area contributed by atoms with E-state index in [4.69, 9.17) is 25.2 Å².